The highest BCUT2D eigenvalue weighted by atomic mass is 32.2. The summed E-state index contributed by atoms with van der Waals surface area (Å²) in [4.78, 5) is 40.7. The highest BCUT2D eigenvalue weighted by Crippen LogP contribution is 2.32. The van der Waals surface area contributed by atoms with E-state index >= 15 is 0 Å². The summed E-state index contributed by atoms with van der Waals surface area (Å²) in [5, 5.41) is 0. The van der Waals surface area contributed by atoms with Gasteiger partial charge in [0.25, 0.3) is 10.0 Å². The van der Waals surface area contributed by atoms with Crippen LogP contribution in [0.4, 0.5) is 0 Å². The Kier molecular flexibility index (Phi) is 11.4. The number of aryl methyl sites for hydroxylation is 1. The first-order chi connectivity index (χ1) is 25.6. The van der Waals surface area contributed by atoms with Crippen LogP contribution < -0.4 is 0 Å². The smallest absolute Gasteiger partial charge is 0.338 e. The number of esters is 3. The van der Waals surface area contributed by atoms with Crippen molar-refractivity contribution >= 4 is 33.8 Å². The number of carbonyl (C=O) groups excluding carboxylic acids is 3. The number of sulfonamides is 1. The van der Waals surface area contributed by atoms with Gasteiger partial charge < -0.3 is 23.7 Å². The van der Waals surface area contributed by atoms with Gasteiger partial charge in [-0.2, -0.15) is 8.42 Å². The molecule has 1 fully saturated rings. The van der Waals surface area contributed by atoms with Crippen LogP contribution in [0.1, 0.15) is 49.1 Å². The summed E-state index contributed by atoms with van der Waals surface area (Å²) in [5.74, 6) is -2.81. The van der Waals surface area contributed by atoms with Gasteiger partial charge in [0, 0.05) is 5.56 Å². The predicted molar refractivity (Wildman–Crippen MR) is 194 cm³/mol. The lowest BCUT2D eigenvalue weighted by atomic mass is 9.98. The zero-order chi connectivity index (χ0) is 37.4. The molecule has 5 aromatic rings. The molecule has 1 saturated heterocycles. The molecule has 0 amide bonds. The lowest BCUT2D eigenvalue weighted by Gasteiger charge is -2.43. The highest BCUT2D eigenvalue weighted by molar-refractivity contribution is 7.90. The minimum atomic E-state index is -4.35. The molecule has 11 nitrogen and oxygen atoms in total. The third-order valence-electron chi connectivity index (χ3n) is 8.26. The molecular weight excluding hydrogens is 699 g/mol. The van der Waals surface area contributed by atoms with Gasteiger partial charge in [0.05, 0.1) is 27.7 Å². The summed E-state index contributed by atoms with van der Waals surface area (Å²) in [7, 11) is -4.35. The van der Waals surface area contributed by atoms with E-state index in [2.05, 4.69) is 4.40 Å². The maximum Gasteiger partial charge on any atom is 0.338 e. The van der Waals surface area contributed by atoms with Crippen molar-refractivity contribution < 1.29 is 46.5 Å². The lowest BCUT2D eigenvalue weighted by molar-refractivity contribution is -0.270. The Balaban J connectivity index is 1.44. The van der Waals surface area contributed by atoms with E-state index in [1.807, 2.05) is 6.92 Å². The summed E-state index contributed by atoms with van der Waals surface area (Å²) in [6.45, 7) is 3.38. The van der Waals surface area contributed by atoms with Crippen LogP contribution in [0.3, 0.4) is 0 Å². The number of ether oxygens (including phenoxy) is 5. The van der Waals surface area contributed by atoms with Gasteiger partial charge in [-0.3, -0.25) is 0 Å². The Morgan fingerprint density at radius 1 is 0.528 bits per heavy atom. The van der Waals surface area contributed by atoms with Crippen molar-refractivity contribution in [2.75, 3.05) is 0 Å². The Bertz CT molecular complexity index is 2160. The van der Waals surface area contributed by atoms with Crippen molar-refractivity contribution in [1.29, 1.82) is 0 Å². The Morgan fingerprint density at radius 2 is 0.925 bits per heavy atom. The van der Waals surface area contributed by atoms with Crippen LogP contribution >= 0.6 is 0 Å². The van der Waals surface area contributed by atoms with Crippen LogP contribution in [-0.2, 0) is 33.7 Å². The molecule has 5 aromatic carbocycles. The zero-order valence-electron chi connectivity index (χ0n) is 28.7. The minimum absolute atomic E-state index is 0.0901. The molecular formula is C41H35NO10S. The molecule has 0 saturated carbocycles. The molecule has 0 bridgehead atoms. The third-order valence-corrected chi connectivity index (χ3v) is 9.53. The Labute approximate surface area is 306 Å². The first kappa shape index (κ1) is 36.7. The third kappa shape index (κ3) is 9.04. The molecule has 12 heteroatoms. The van der Waals surface area contributed by atoms with Crippen LogP contribution in [-0.4, -0.2) is 62.9 Å². The largest absolute Gasteiger partial charge is 0.452 e. The molecule has 1 aliphatic rings. The predicted octanol–water partition coefficient (Wildman–Crippen LogP) is 6.57. The van der Waals surface area contributed by atoms with Crippen molar-refractivity contribution in [1.82, 2.24) is 0 Å². The van der Waals surface area contributed by atoms with E-state index in [-0.39, 0.29) is 27.1 Å². The lowest BCUT2D eigenvalue weighted by Crippen LogP contribution is -2.61. The molecule has 6 rings (SSSR count). The van der Waals surface area contributed by atoms with Crippen molar-refractivity contribution in [3.05, 3.63) is 173 Å². The fourth-order valence-electron chi connectivity index (χ4n) is 5.49. The molecule has 270 valence electrons. The van der Waals surface area contributed by atoms with E-state index in [0.29, 0.717) is 0 Å². The molecule has 0 radical (unpaired) electrons. The molecule has 1 heterocycles. The monoisotopic (exact) mass is 733 g/mol. The van der Waals surface area contributed by atoms with Gasteiger partial charge in [0.2, 0.25) is 18.3 Å². The Morgan fingerprint density at radius 3 is 1.38 bits per heavy atom. The molecule has 1 aliphatic heterocycles. The number of benzene rings is 5. The average molecular weight is 734 g/mol. The van der Waals surface area contributed by atoms with Crippen molar-refractivity contribution in [3.63, 3.8) is 0 Å². The molecule has 0 aromatic heterocycles. The maximum atomic E-state index is 13.7. The van der Waals surface area contributed by atoms with Gasteiger partial charge in [0.1, 0.15) is 0 Å². The van der Waals surface area contributed by atoms with Crippen molar-refractivity contribution in [2.24, 2.45) is 4.40 Å². The van der Waals surface area contributed by atoms with Gasteiger partial charge in [-0.25, -0.2) is 14.4 Å². The SMILES string of the molecule is Cc1ccc(S(=O)(=O)/N=C(\O[C@@H]2OC(C)[C@H](OC(=O)c3ccccc3)C(OC(=O)c3ccccc3)C2OC(=O)c2ccccc2)c2ccccc2)cc1. The zero-order valence-corrected chi connectivity index (χ0v) is 29.5. The number of nitrogens with zero attached hydrogens (tertiary/aromatic N) is 1. The number of hydrogen-bond donors (Lipinski definition) is 0. The van der Waals surface area contributed by atoms with E-state index in [9.17, 15) is 22.8 Å². The second-order valence-corrected chi connectivity index (χ2v) is 13.7. The van der Waals surface area contributed by atoms with Gasteiger partial charge in [-0.15, -0.1) is 4.40 Å². The minimum Gasteiger partial charge on any atom is -0.452 e. The first-order valence-corrected chi connectivity index (χ1v) is 18.1. The molecule has 0 aliphatic carbocycles. The highest BCUT2D eigenvalue weighted by Gasteiger charge is 2.53. The normalized spacial score (nSPS) is 20.1. The summed E-state index contributed by atoms with van der Waals surface area (Å²) in [5.41, 5.74) is 1.63. The van der Waals surface area contributed by atoms with E-state index in [1.165, 1.54) is 36.4 Å². The van der Waals surface area contributed by atoms with Crippen LogP contribution in [0.15, 0.2) is 155 Å². The van der Waals surface area contributed by atoms with E-state index in [4.69, 9.17) is 23.7 Å². The number of rotatable bonds is 10. The summed E-state index contributed by atoms with van der Waals surface area (Å²) < 4.78 is 61.8. The van der Waals surface area contributed by atoms with Crippen molar-refractivity contribution in [2.45, 2.75) is 49.4 Å². The van der Waals surface area contributed by atoms with Crippen molar-refractivity contribution in [3.8, 4) is 0 Å². The molecule has 3 unspecified atom stereocenters. The fourth-order valence-corrected chi connectivity index (χ4v) is 6.44. The fraction of sp³-hybridized carbons (Fsp3) is 0.171. The number of carbonyl (C=O) groups is 3. The van der Waals surface area contributed by atoms with Gasteiger partial charge in [-0.05, 0) is 74.5 Å². The topological polar surface area (TPSA) is 144 Å². The van der Waals surface area contributed by atoms with Gasteiger partial charge >= 0.3 is 17.9 Å². The van der Waals surface area contributed by atoms with Gasteiger partial charge in [0.15, 0.2) is 12.2 Å². The Hall–Kier alpha value is -6.11. The van der Waals surface area contributed by atoms with Crippen LogP contribution in [0.5, 0.6) is 0 Å². The van der Waals surface area contributed by atoms with E-state index < -0.39 is 64.5 Å². The van der Waals surface area contributed by atoms with E-state index in [0.717, 1.165) is 5.56 Å². The summed E-state index contributed by atoms with van der Waals surface area (Å²) >= 11 is 0. The van der Waals surface area contributed by atoms with Gasteiger partial charge in [-0.1, -0.05) is 90.5 Å². The second kappa shape index (κ2) is 16.5. The maximum absolute atomic E-state index is 13.7. The molecule has 53 heavy (non-hydrogen) atoms. The molecule has 0 spiro atoms. The standard InChI is InChI=1S/C41H35NO10S/c1-27-23-25-33(26-24-27)53(46,47)42-37(29-15-7-3-8-16-29)52-41-36(51-40(45)32-21-13-6-14-22-32)35(50-39(44)31-19-11-5-12-20-31)34(28(2)48-41)49-38(43)30-17-9-4-10-18-30/h3-26,28,34-36,41H,1-2H3/b42-37-/t28?,34-,35?,36?,41-/m0/s1. The second-order valence-electron chi connectivity index (χ2n) is 12.1. The molecule has 5 atom stereocenters. The molecule has 0 N–H and O–H groups in total. The summed E-state index contributed by atoms with van der Waals surface area (Å²) in [6, 6.07) is 38.6. The van der Waals surface area contributed by atoms with E-state index in [1.54, 1.807) is 116 Å². The van der Waals surface area contributed by atoms with Crippen LogP contribution in [0.25, 0.3) is 0 Å². The number of hydrogen-bond acceptors (Lipinski definition) is 10. The van der Waals surface area contributed by atoms with Crippen LogP contribution in [0.2, 0.25) is 0 Å². The van der Waals surface area contributed by atoms with Crippen LogP contribution in [0, 0.1) is 6.92 Å². The first-order valence-electron chi connectivity index (χ1n) is 16.7. The summed E-state index contributed by atoms with van der Waals surface area (Å²) in [6.07, 6.45) is -7.18. The quantitative estimate of drug-likeness (QED) is 0.0669. The average Bonchev–Trinajstić information content (AvgIpc) is 3.18.